The second-order valence-corrected chi connectivity index (χ2v) is 5.24. The number of hydrogen-bond donors (Lipinski definition) is 1. The van der Waals surface area contributed by atoms with Crippen LogP contribution in [0, 0.1) is 5.82 Å². The summed E-state index contributed by atoms with van der Waals surface area (Å²) in [6.07, 6.45) is 1.16. The lowest BCUT2D eigenvalue weighted by Crippen LogP contribution is -2.30. The molecule has 3 nitrogen and oxygen atoms in total. The molecular weight excluding hydrogens is 241 g/mol. The highest BCUT2D eigenvalue weighted by atomic mass is 19.1. The maximum absolute atomic E-state index is 13.5. The van der Waals surface area contributed by atoms with E-state index in [-0.39, 0.29) is 5.82 Å². The molecule has 1 rings (SSSR count). The molecule has 1 aromatic rings. The van der Waals surface area contributed by atoms with Gasteiger partial charge in [-0.1, -0.05) is 18.2 Å². The average molecular weight is 267 g/mol. The molecule has 0 radical (unpaired) electrons. The number of halogens is 1. The molecule has 0 atom stereocenters. The smallest absolute Gasteiger partial charge is 0.127 e. The molecule has 1 N–H and O–H groups in total. The first kappa shape index (κ1) is 16.1. The van der Waals surface area contributed by atoms with Crippen molar-refractivity contribution < 1.29 is 4.39 Å². The van der Waals surface area contributed by atoms with Gasteiger partial charge in [0.25, 0.3) is 0 Å². The summed E-state index contributed by atoms with van der Waals surface area (Å²) < 4.78 is 13.5. The SMILES string of the molecule is CN(C)CCCNCCN(C)Cc1ccccc1F. The van der Waals surface area contributed by atoms with E-state index < -0.39 is 0 Å². The van der Waals surface area contributed by atoms with Crippen LogP contribution in [-0.2, 0) is 6.54 Å². The first-order valence-corrected chi connectivity index (χ1v) is 6.87. The Morgan fingerprint density at radius 1 is 1.05 bits per heavy atom. The van der Waals surface area contributed by atoms with Gasteiger partial charge in [-0.15, -0.1) is 0 Å². The third kappa shape index (κ3) is 7.25. The molecule has 0 aromatic heterocycles. The Labute approximate surface area is 116 Å². The predicted octanol–water partition coefficient (Wildman–Crippen LogP) is 1.80. The highest BCUT2D eigenvalue weighted by molar-refractivity contribution is 5.16. The summed E-state index contributed by atoms with van der Waals surface area (Å²) in [6.45, 7) is 4.67. The normalized spacial score (nSPS) is 11.5. The molecule has 19 heavy (non-hydrogen) atoms. The molecule has 0 aliphatic rings. The summed E-state index contributed by atoms with van der Waals surface area (Å²) in [5, 5.41) is 3.41. The Kier molecular flexibility index (Phi) is 7.63. The number of hydrogen-bond acceptors (Lipinski definition) is 3. The standard InChI is InChI=1S/C15H26FN3/c1-18(2)11-6-9-17-10-12-19(3)13-14-7-4-5-8-15(14)16/h4-5,7-8,17H,6,9-13H2,1-3H3. The van der Waals surface area contributed by atoms with Crippen molar-refractivity contribution >= 4 is 0 Å². The lowest BCUT2D eigenvalue weighted by molar-refractivity contribution is 0.316. The van der Waals surface area contributed by atoms with Gasteiger partial charge in [0.1, 0.15) is 5.82 Å². The zero-order chi connectivity index (χ0) is 14.1. The molecule has 0 saturated carbocycles. The van der Waals surface area contributed by atoms with Gasteiger partial charge in [0.2, 0.25) is 0 Å². The van der Waals surface area contributed by atoms with Crippen molar-refractivity contribution in [3.05, 3.63) is 35.6 Å². The van der Waals surface area contributed by atoms with Crippen LogP contribution in [-0.4, -0.2) is 57.1 Å². The second kappa shape index (κ2) is 9.02. The third-order valence-electron chi connectivity index (χ3n) is 3.03. The first-order chi connectivity index (χ1) is 9.09. The van der Waals surface area contributed by atoms with Gasteiger partial charge in [-0.05, 0) is 46.7 Å². The monoisotopic (exact) mass is 267 g/mol. The minimum Gasteiger partial charge on any atom is -0.315 e. The summed E-state index contributed by atoms with van der Waals surface area (Å²) in [4.78, 5) is 4.32. The fraction of sp³-hybridized carbons (Fsp3) is 0.600. The van der Waals surface area contributed by atoms with Crippen LogP contribution in [0.1, 0.15) is 12.0 Å². The molecule has 4 heteroatoms. The Morgan fingerprint density at radius 3 is 2.47 bits per heavy atom. The van der Waals surface area contributed by atoms with E-state index in [1.165, 1.54) is 6.07 Å². The highest BCUT2D eigenvalue weighted by Crippen LogP contribution is 2.08. The summed E-state index contributed by atoms with van der Waals surface area (Å²) in [7, 11) is 6.19. The van der Waals surface area contributed by atoms with Crippen molar-refractivity contribution in [1.82, 2.24) is 15.1 Å². The zero-order valence-corrected chi connectivity index (χ0v) is 12.3. The van der Waals surface area contributed by atoms with Gasteiger partial charge in [-0.25, -0.2) is 4.39 Å². The third-order valence-corrected chi connectivity index (χ3v) is 3.03. The molecule has 0 amide bonds. The molecule has 0 unspecified atom stereocenters. The van der Waals surface area contributed by atoms with Gasteiger partial charge in [-0.2, -0.15) is 0 Å². The lowest BCUT2D eigenvalue weighted by Gasteiger charge is -2.17. The fourth-order valence-electron chi connectivity index (χ4n) is 1.91. The fourth-order valence-corrected chi connectivity index (χ4v) is 1.91. The van der Waals surface area contributed by atoms with E-state index in [2.05, 4.69) is 29.2 Å². The van der Waals surface area contributed by atoms with Crippen molar-refractivity contribution in [3.8, 4) is 0 Å². The van der Waals surface area contributed by atoms with Gasteiger partial charge in [0.15, 0.2) is 0 Å². The molecule has 0 saturated heterocycles. The molecule has 0 fully saturated rings. The second-order valence-electron chi connectivity index (χ2n) is 5.24. The number of rotatable bonds is 9. The van der Waals surface area contributed by atoms with Crippen LogP contribution >= 0.6 is 0 Å². The molecule has 0 bridgehead atoms. The molecule has 0 spiro atoms. The van der Waals surface area contributed by atoms with Crippen LogP contribution in [0.25, 0.3) is 0 Å². The Balaban J connectivity index is 2.11. The summed E-state index contributed by atoms with van der Waals surface area (Å²) >= 11 is 0. The van der Waals surface area contributed by atoms with E-state index in [0.717, 1.165) is 38.2 Å². The van der Waals surface area contributed by atoms with Crippen molar-refractivity contribution in [2.75, 3.05) is 47.3 Å². The topological polar surface area (TPSA) is 18.5 Å². The van der Waals surface area contributed by atoms with Crippen LogP contribution < -0.4 is 5.32 Å². The summed E-state index contributed by atoms with van der Waals surface area (Å²) in [5.41, 5.74) is 0.762. The first-order valence-electron chi connectivity index (χ1n) is 6.87. The van der Waals surface area contributed by atoms with E-state index in [0.29, 0.717) is 6.54 Å². The summed E-state index contributed by atoms with van der Waals surface area (Å²) in [5.74, 6) is -0.117. The van der Waals surface area contributed by atoms with E-state index in [4.69, 9.17) is 0 Å². The van der Waals surface area contributed by atoms with Crippen molar-refractivity contribution in [2.24, 2.45) is 0 Å². The molecule has 108 valence electrons. The van der Waals surface area contributed by atoms with Gasteiger partial charge in [-0.3, -0.25) is 0 Å². The van der Waals surface area contributed by atoms with E-state index in [1.54, 1.807) is 6.07 Å². The van der Waals surface area contributed by atoms with Crippen molar-refractivity contribution in [3.63, 3.8) is 0 Å². The van der Waals surface area contributed by atoms with Gasteiger partial charge in [0.05, 0.1) is 0 Å². The van der Waals surface area contributed by atoms with E-state index in [9.17, 15) is 4.39 Å². The van der Waals surface area contributed by atoms with Crippen LogP contribution in [0.2, 0.25) is 0 Å². The molecular formula is C15H26FN3. The van der Waals surface area contributed by atoms with Crippen LogP contribution in [0.15, 0.2) is 24.3 Å². The van der Waals surface area contributed by atoms with Gasteiger partial charge < -0.3 is 15.1 Å². The quantitative estimate of drug-likeness (QED) is 0.688. The van der Waals surface area contributed by atoms with Crippen molar-refractivity contribution in [1.29, 1.82) is 0 Å². The molecule has 0 aliphatic heterocycles. The number of benzene rings is 1. The Bertz CT molecular complexity index is 355. The minimum absolute atomic E-state index is 0.117. The predicted molar refractivity (Wildman–Crippen MR) is 78.8 cm³/mol. The van der Waals surface area contributed by atoms with Gasteiger partial charge in [0, 0.05) is 25.2 Å². The molecule has 1 aromatic carbocycles. The molecule has 0 heterocycles. The maximum Gasteiger partial charge on any atom is 0.127 e. The van der Waals surface area contributed by atoms with Crippen LogP contribution in [0.5, 0.6) is 0 Å². The maximum atomic E-state index is 13.5. The zero-order valence-electron chi connectivity index (χ0n) is 12.3. The minimum atomic E-state index is -0.117. The average Bonchev–Trinajstić information content (AvgIpc) is 2.36. The molecule has 0 aliphatic carbocycles. The number of likely N-dealkylation sites (N-methyl/N-ethyl adjacent to an activating group) is 1. The van der Waals surface area contributed by atoms with Crippen LogP contribution in [0.3, 0.4) is 0 Å². The summed E-state index contributed by atoms with van der Waals surface area (Å²) in [6, 6.07) is 6.97. The van der Waals surface area contributed by atoms with E-state index in [1.807, 2.05) is 19.2 Å². The van der Waals surface area contributed by atoms with Crippen LogP contribution in [0.4, 0.5) is 4.39 Å². The lowest BCUT2D eigenvalue weighted by atomic mass is 10.2. The highest BCUT2D eigenvalue weighted by Gasteiger charge is 2.04. The number of nitrogens with one attached hydrogen (secondary N) is 1. The Morgan fingerprint density at radius 2 is 1.79 bits per heavy atom. The van der Waals surface area contributed by atoms with Crippen molar-refractivity contribution in [2.45, 2.75) is 13.0 Å². The Hall–Kier alpha value is -0.970. The van der Waals surface area contributed by atoms with Gasteiger partial charge >= 0.3 is 0 Å². The van der Waals surface area contributed by atoms with E-state index >= 15 is 0 Å². The largest absolute Gasteiger partial charge is 0.315 e. The number of nitrogens with zero attached hydrogens (tertiary/aromatic N) is 2.